The molecule has 1 aromatic heterocycles. The maximum atomic E-state index is 5.38. The fraction of sp³-hybridized carbons (Fsp3) is 0. The fourth-order valence-electron chi connectivity index (χ4n) is 0.284. The molecule has 4 heteroatoms. The maximum Gasteiger partial charge on any atom is 0.224 e. The molecule has 0 aliphatic heterocycles. The maximum absolute atomic E-state index is 5.38. The Balaban J connectivity index is 3.08. The molecule has 41 valence electrons. The smallest absolute Gasteiger partial charge is 0.216 e. The number of aromatic nitrogens is 2. The van der Waals surface area contributed by atoms with Crippen molar-refractivity contribution >= 4 is 23.2 Å². The molecule has 0 saturated carbocycles. The van der Waals surface area contributed by atoms with Crippen molar-refractivity contribution in [2.75, 3.05) is 0 Å². The molecule has 1 aromatic rings. The lowest BCUT2D eigenvalue weighted by molar-refractivity contribution is 1.16. The summed E-state index contributed by atoms with van der Waals surface area (Å²) >= 11 is 10.7. The topological polar surface area (TPSA) is 25.8 Å². The molecule has 0 spiro atoms. The summed E-state index contributed by atoms with van der Waals surface area (Å²) in [5.74, 6) is 0. The Morgan fingerprint density at radius 3 is 2.62 bits per heavy atom. The first-order chi connectivity index (χ1) is 3.79. The molecule has 0 atom stereocenters. The standard InChI is InChI=1S/C4HCl2N2/c5-3-1-2-7-4(6)8-3/h1H. The van der Waals surface area contributed by atoms with Gasteiger partial charge >= 0.3 is 0 Å². The Hall–Kier alpha value is -0.340. The van der Waals surface area contributed by atoms with Crippen LogP contribution in [0.15, 0.2) is 6.07 Å². The minimum atomic E-state index is 0.123. The van der Waals surface area contributed by atoms with Crippen LogP contribution in [-0.2, 0) is 0 Å². The van der Waals surface area contributed by atoms with Gasteiger partial charge in [-0.05, 0) is 11.6 Å². The quantitative estimate of drug-likeness (QED) is 0.412. The number of halogens is 2. The predicted octanol–water partition coefficient (Wildman–Crippen LogP) is 1.58. The van der Waals surface area contributed by atoms with Gasteiger partial charge in [0.15, 0.2) is 0 Å². The molecule has 0 N–H and O–H groups in total. The van der Waals surface area contributed by atoms with E-state index in [2.05, 4.69) is 16.2 Å². The second-order valence-corrected chi connectivity index (χ2v) is 1.81. The third-order valence-electron chi connectivity index (χ3n) is 0.540. The normalized spacial score (nSPS) is 9.25. The molecule has 0 unspecified atom stereocenters. The zero-order valence-corrected chi connectivity index (χ0v) is 5.24. The van der Waals surface area contributed by atoms with E-state index in [0.717, 1.165) is 0 Å². The fourth-order valence-corrected chi connectivity index (χ4v) is 0.596. The van der Waals surface area contributed by atoms with Crippen LogP contribution in [-0.4, -0.2) is 9.97 Å². The van der Waals surface area contributed by atoms with Crippen molar-refractivity contribution in [1.82, 2.24) is 9.97 Å². The van der Waals surface area contributed by atoms with Crippen LogP contribution >= 0.6 is 23.2 Å². The third-order valence-corrected chi connectivity index (χ3v) is 0.902. The van der Waals surface area contributed by atoms with Gasteiger partial charge in [-0.1, -0.05) is 11.6 Å². The third kappa shape index (κ3) is 1.32. The number of nitrogens with zero attached hydrogens (tertiary/aromatic N) is 2. The van der Waals surface area contributed by atoms with Gasteiger partial charge in [-0.3, -0.25) is 0 Å². The van der Waals surface area contributed by atoms with E-state index in [-0.39, 0.29) is 5.28 Å². The highest BCUT2D eigenvalue weighted by atomic mass is 35.5. The predicted molar refractivity (Wildman–Crippen MR) is 30.9 cm³/mol. The van der Waals surface area contributed by atoms with Gasteiger partial charge < -0.3 is 0 Å². The highest BCUT2D eigenvalue weighted by Gasteiger charge is 1.88. The summed E-state index contributed by atoms with van der Waals surface area (Å²) in [7, 11) is 0. The van der Waals surface area contributed by atoms with E-state index in [4.69, 9.17) is 23.2 Å². The molecular formula is C4HCl2N2. The Bertz CT molecular complexity index is 172. The van der Waals surface area contributed by atoms with E-state index in [9.17, 15) is 0 Å². The Morgan fingerprint density at radius 2 is 2.25 bits per heavy atom. The van der Waals surface area contributed by atoms with E-state index in [0.29, 0.717) is 5.15 Å². The average molecular weight is 148 g/mol. The summed E-state index contributed by atoms with van der Waals surface area (Å²) in [6.45, 7) is 0. The molecule has 0 aliphatic carbocycles. The van der Waals surface area contributed by atoms with E-state index in [1.54, 1.807) is 0 Å². The Labute approximate surface area is 56.5 Å². The SMILES string of the molecule is Clc1c[c]nc(Cl)n1. The van der Waals surface area contributed by atoms with Crippen LogP contribution in [0, 0.1) is 6.20 Å². The van der Waals surface area contributed by atoms with Crippen LogP contribution in [0.1, 0.15) is 0 Å². The Morgan fingerprint density at radius 1 is 1.50 bits per heavy atom. The van der Waals surface area contributed by atoms with E-state index in [1.165, 1.54) is 6.07 Å². The van der Waals surface area contributed by atoms with Crippen molar-refractivity contribution in [2.45, 2.75) is 0 Å². The van der Waals surface area contributed by atoms with Gasteiger partial charge in [-0.15, -0.1) is 0 Å². The van der Waals surface area contributed by atoms with Gasteiger partial charge in [0.25, 0.3) is 0 Å². The molecule has 8 heavy (non-hydrogen) atoms. The number of hydrogen-bond donors (Lipinski definition) is 0. The molecule has 0 saturated heterocycles. The van der Waals surface area contributed by atoms with Crippen LogP contribution in [0.2, 0.25) is 10.4 Å². The van der Waals surface area contributed by atoms with Crippen molar-refractivity contribution in [3.63, 3.8) is 0 Å². The van der Waals surface area contributed by atoms with Crippen molar-refractivity contribution in [3.8, 4) is 0 Å². The summed E-state index contributed by atoms with van der Waals surface area (Å²) in [6.07, 6.45) is 2.45. The first-order valence-corrected chi connectivity index (χ1v) is 2.61. The molecule has 2 nitrogen and oxygen atoms in total. The van der Waals surface area contributed by atoms with Crippen LogP contribution in [0.3, 0.4) is 0 Å². The van der Waals surface area contributed by atoms with E-state index in [1.807, 2.05) is 0 Å². The van der Waals surface area contributed by atoms with E-state index >= 15 is 0 Å². The van der Waals surface area contributed by atoms with Gasteiger partial charge in [0.1, 0.15) is 5.15 Å². The second-order valence-electron chi connectivity index (χ2n) is 1.09. The molecule has 1 heterocycles. The first kappa shape index (κ1) is 5.79. The largest absolute Gasteiger partial charge is 0.224 e. The van der Waals surface area contributed by atoms with Crippen LogP contribution in [0.4, 0.5) is 0 Å². The molecule has 0 amide bonds. The molecular weight excluding hydrogens is 147 g/mol. The number of rotatable bonds is 0. The van der Waals surface area contributed by atoms with Crippen molar-refractivity contribution in [3.05, 3.63) is 22.7 Å². The zero-order valence-electron chi connectivity index (χ0n) is 3.73. The average Bonchev–Trinajstić information content (AvgIpc) is 1.64. The van der Waals surface area contributed by atoms with Gasteiger partial charge in [0, 0.05) is 6.07 Å². The summed E-state index contributed by atoms with van der Waals surface area (Å²) in [6, 6.07) is 1.44. The first-order valence-electron chi connectivity index (χ1n) is 1.85. The molecule has 0 bridgehead atoms. The Kier molecular flexibility index (Phi) is 1.65. The molecule has 1 rings (SSSR count). The summed E-state index contributed by atoms with van der Waals surface area (Å²) < 4.78 is 0. The highest BCUT2D eigenvalue weighted by molar-refractivity contribution is 6.31. The molecule has 0 aliphatic rings. The van der Waals surface area contributed by atoms with Crippen LogP contribution < -0.4 is 0 Å². The summed E-state index contributed by atoms with van der Waals surface area (Å²) in [4.78, 5) is 7.05. The van der Waals surface area contributed by atoms with Gasteiger partial charge in [0.2, 0.25) is 5.28 Å². The number of hydrogen-bond acceptors (Lipinski definition) is 2. The minimum absolute atomic E-state index is 0.123. The molecule has 0 aromatic carbocycles. The second kappa shape index (κ2) is 2.29. The summed E-state index contributed by atoms with van der Waals surface area (Å²) in [5, 5.41) is 0.433. The van der Waals surface area contributed by atoms with Crippen molar-refractivity contribution < 1.29 is 0 Å². The lowest BCUT2D eigenvalue weighted by atomic mass is 10.7. The summed E-state index contributed by atoms with van der Waals surface area (Å²) in [5.41, 5.74) is 0. The van der Waals surface area contributed by atoms with Gasteiger partial charge in [-0.2, -0.15) is 0 Å². The molecule has 1 radical (unpaired) electrons. The van der Waals surface area contributed by atoms with E-state index < -0.39 is 0 Å². The molecule has 0 fully saturated rings. The van der Waals surface area contributed by atoms with Crippen molar-refractivity contribution in [1.29, 1.82) is 0 Å². The van der Waals surface area contributed by atoms with Crippen molar-refractivity contribution in [2.24, 2.45) is 0 Å². The monoisotopic (exact) mass is 147 g/mol. The minimum Gasteiger partial charge on any atom is -0.216 e. The van der Waals surface area contributed by atoms with Gasteiger partial charge in [-0.25, -0.2) is 9.97 Å². The highest BCUT2D eigenvalue weighted by Crippen LogP contribution is 2.04. The zero-order chi connectivity index (χ0) is 5.98. The van der Waals surface area contributed by atoms with Crippen LogP contribution in [0.25, 0.3) is 0 Å². The van der Waals surface area contributed by atoms with Crippen LogP contribution in [0.5, 0.6) is 0 Å². The lowest BCUT2D eigenvalue weighted by Crippen LogP contribution is -1.78. The van der Waals surface area contributed by atoms with Gasteiger partial charge in [0.05, 0.1) is 6.20 Å². The lowest BCUT2D eigenvalue weighted by Gasteiger charge is -1.84.